The van der Waals surface area contributed by atoms with Gasteiger partial charge in [0.1, 0.15) is 0 Å². The van der Waals surface area contributed by atoms with Crippen molar-refractivity contribution in [1.29, 1.82) is 0 Å². The number of rotatable bonds is 7. The van der Waals surface area contributed by atoms with Gasteiger partial charge in [-0.05, 0) is 53.5 Å². The summed E-state index contributed by atoms with van der Waals surface area (Å²) in [7, 11) is 1.32. The van der Waals surface area contributed by atoms with Crippen LogP contribution in [-0.2, 0) is 9.53 Å². The highest BCUT2D eigenvalue weighted by Gasteiger charge is 2.24. The first-order chi connectivity index (χ1) is 18.4. The quantitative estimate of drug-likeness (QED) is 0.348. The summed E-state index contributed by atoms with van der Waals surface area (Å²) >= 11 is 0. The minimum atomic E-state index is -0.480. The van der Waals surface area contributed by atoms with Crippen LogP contribution in [0.1, 0.15) is 51.6 Å². The van der Waals surface area contributed by atoms with Gasteiger partial charge in [-0.2, -0.15) is 0 Å². The van der Waals surface area contributed by atoms with Crippen LogP contribution in [0.3, 0.4) is 0 Å². The molecule has 0 bridgehead atoms. The molecule has 1 aliphatic heterocycles. The lowest BCUT2D eigenvalue weighted by molar-refractivity contribution is -0.111. The SMILES string of the molecule is COC(=O)c1ccc(N2CCN(C(=O)c3ccccc3)CC2)c(NC(=O)/C=C/c2ccc(C(C)C)cc2)c1. The number of ether oxygens (including phenoxy) is 1. The second kappa shape index (κ2) is 12.2. The van der Waals surface area contributed by atoms with Crippen LogP contribution in [0, 0.1) is 0 Å². The van der Waals surface area contributed by atoms with Gasteiger partial charge in [0.2, 0.25) is 5.91 Å². The van der Waals surface area contributed by atoms with Gasteiger partial charge in [0.05, 0.1) is 24.0 Å². The molecule has 1 saturated heterocycles. The number of esters is 1. The van der Waals surface area contributed by atoms with E-state index in [2.05, 4.69) is 36.2 Å². The van der Waals surface area contributed by atoms with Crippen LogP contribution in [0.2, 0.25) is 0 Å². The highest BCUT2D eigenvalue weighted by Crippen LogP contribution is 2.29. The first kappa shape index (κ1) is 26.7. The van der Waals surface area contributed by atoms with Gasteiger partial charge in [-0.3, -0.25) is 9.59 Å². The number of carbonyl (C=O) groups excluding carboxylic acids is 3. The van der Waals surface area contributed by atoms with E-state index < -0.39 is 5.97 Å². The zero-order valence-electron chi connectivity index (χ0n) is 22.0. The van der Waals surface area contributed by atoms with E-state index in [9.17, 15) is 14.4 Å². The second-order valence-electron chi connectivity index (χ2n) is 9.51. The normalized spacial score (nSPS) is 13.6. The van der Waals surface area contributed by atoms with Gasteiger partial charge in [0, 0.05) is 37.8 Å². The number of anilines is 2. The van der Waals surface area contributed by atoms with Crippen molar-refractivity contribution in [1.82, 2.24) is 4.90 Å². The molecule has 196 valence electrons. The van der Waals surface area contributed by atoms with E-state index in [-0.39, 0.29) is 11.8 Å². The number of hydrogen-bond acceptors (Lipinski definition) is 5. The molecule has 3 aromatic rings. The molecule has 1 fully saturated rings. The smallest absolute Gasteiger partial charge is 0.337 e. The fourth-order valence-electron chi connectivity index (χ4n) is 4.41. The molecule has 0 radical (unpaired) electrons. The van der Waals surface area contributed by atoms with Crippen molar-refractivity contribution in [3.8, 4) is 0 Å². The number of nitrogens with one attached hydrogen (secondary N) is 1. The van der Waals surface area contributed by atoms with Crippen LogP contribution in [0.5, 0.6) is 0 Å². The number of piperazine rings is 1. The lowest BCUT2D eigenvalue weighted by Crippen LogP contribution is -2.49. The number of amides is 2. The van der Waals surface area contributed by atoms with Gasteiger partial charge in [-0.25, -0.2) is 4.79 Å². The summed E-state index contributed by atoms with van der Waals surface area (Å²) in [6.45, 7) is 6.56. The zero-order valence-corrected chi connectivity index (χ0v) is 22.0. The Bertz CT molecular complexity index is 1310. The minimum Gasteiger partial charge on any atom is -0.465 e. The number of methoxy groups -OCH3 is 1. The molecule has 3 aromatic carbocycles. The minimum absolute atomic E-state index is 0.00591. The molecule has 1 aliphatic rings. The van der Waals surface area contributed by atoms with E-state index in [1.165, 1.54) is 18.7 Å². The Morgan fingerprint density at radius 1 is 0.868 bits per heavy atom. The van der Waals surface area contributed by atoms with Gasteiger partial charge in [0.15, 0.2) is 0 Å². The van der Waals surface area contributed by atoms with Gasteiger partial charge in [-0.1, -0.05) is 56.3 Å². The summed E-state index contributed by atoms with van der Waals surface area (Å²) in [4.78, 5) is 41.8. The molecule has 0 aliphatic carbocycles. The van der Waals surface area contributed by atoms with E-state index in [0.717, 1.165) is 11.3 Å². The standard InChI is InChI=1S/C31H33N3O4/c1-22(2)24-12-9-23(10-13-24)11-16-29(35)32-27-21-26(31(37)38-3)14-15-28(27)33-17-19-34(20-18-33)30(36)25-7-5-4-6-8-25/h4-16,21-22H,17-20H2,1-3H3,(H,32,35)/b16-11+. The molecule has 0 saturated carbocycles. The van der Waals surface area contributed by atoms with Crippen LogP contribution in [0.25, 0.3) is 6.08 Å². The summed E-state index contributed by atoms with van der Waals surface area (Å²) in [5.74, 6) is -0.341. The van der Waals surface area contributed by atoms with E-state index >= 15 is 0 Å². The predicted molar refractivity (Wildman–Crippen MR) is 151 cm³/mol. The average molecular weight is 512 g/mol. The summed E-state index contributed by atoms with van der Waals surface area (Å²) in [5, 5.41) is 2.93. The van der Waals surface area contributed by atoms with Crippen molar-refractivity contribution in [3.05, 3.63) is 101 Å². The fourth-order valence-corrected chi connectivity index (χ4v) is 4.41. The van der Waals surface area contributed by atoms with Crippen molar-refractivity contribution in [2.45, 2.75) is 19.8 Å². The molecule has 4 rings (SSSR count). The zero-order chi connectivity index (χ0) is 27.1. The maximum atomic E-state index is 12.9. The number of benzene rings is 3. The predicted octanol–water partition coefficient (Wildman–Crippen LogP) is 5.21. The third-order valence-electron chi connectivity index (χ3n) is 6.63. The van der Waals surface area contributed by atoms with Gasteiger partial charge in [0.25, 0.3) is 5.91 Å². The topological polar surface area (TPSA) is 79.0 Å². The average Bonchev–Trinajstić information content (AvgIpc) is 2.96. The van der Waals surface area contributed by atoms with Crippen LogP contribution in [0.15, 0.2) is 78.9 Å². The highest BCUT2D eigenvalue weighted by molar-refractivity contribution is 6.05. The Labute approximate surface area is 223 Å². The molecule has 0 unspecified atom stereocenters. The largest absolute Gasteiger partial charge is 0.465 e. The maximum Gasteiger partial charge on any atom is 0.337 e. The Morgan fingerprint density at radius 3 is 2.18 bits per heavy atom. The van der Waals surface area contributed by atoms with Crippen molar-refractivity contribution in [2.24, 2.45) is 0 Å². The van der Waals surface area contributed by atoms with E-state index in [1.807, 2.05) is 53.4 Å². The van der Waals surface area contributed by atoms with E-state index in [4.69, 9.17) is 4.74 Å². The summed E-state index contributed by atoms with van der Waals surface area (Å²) in [5.41, 5.74) is 4.47. The lowest BCUT2D eigenvalue weighted by atomic mass is 10.0. The van der Waals surface area contributed by atoms with Gasteiger partial charge in [-0.15, -0.1) is 0 Å². The molecule has 1 N–H and O–H groups in total. The molecule has 0 aromatic heterocycles. The van der Waals surface area contributed by atoms with E-state index in [1.54, 1.807) is 18.2 Å². The molecule has 2 amide bonds. The van der Waals surface area contributed by atoms with E-state index in [0.29, 0.717) is 48.9 Å². The molecule has 38 heavy (non-hydrogen) atoms. The maximum absolute atomic E-state index is 12.9. The summed E-state index contributed by atoms with van der Waals surface area (Å²) in [6.07, 6.45) is 3.24. The Hall–Kier alpha value is -4.39. The van der Waals surface area contributed by atoms with Crippen molar-refractivity contribution >= 4 is 35.2 Å². The molecular formula is C31H33N3O4. The van der Waals surface area contributed by atoms with Crippen LogP contribution >= 0.6 is 0 Å². The highest BCUT2D eigenvalue weighted by atomic mass is 16.5. The first-order valence-corrected chi connectivity index (χ1v) is 12.8. The third-order valence-corrected chi connectivity index (χ3v) is 6.63. The summed E-state index contributed by atoms with van der Waals surface area (Å²) < 4.78 is 4.87. The van der Waals surface area contributed by atoms with Crippen molar-refractivity contribution < 1.29 is 19.1 Å². The van der Waals surface area contributed by atoms with Gasteiger partial charge >= 0.3 is 5.97 Å². The van der Waals surface area contributed by atoms with Crippen LogP contribution < -0.4 is 10.2 Å². The number of nitrogens with zero attached hydrogens (tertiary/aromatic N) is 2. The molecular weight excluding hydrogens is 478 g/mol. The molecule has 7 nitrogen and oxygen atoms in total. The molecule has 0 spiro atoms. The second-order valence-corrected chi connectivity index (χ2v) is 9.51. The van der Waals surface area contributed by atoms with Crippen LogP contribution in [0.4, 0.5) is 11.4 Å². The Balaban J connectivity index is 1.48. The number of hydrogen-bond donors (Lipinski definition) is 1. The lowest BCUT2D eigenvalue weighted by Gasteiger charge is -2.37. The van der Waals surface area contributed by atoms with Crippen molar-refractivity contribution in [2.75, 3.05) is 43.5 Å². The van der Waals surface area contributed by atoms with Crippen molar-refractivity contribution in [3.63, 3.8) is 0 Å². The first-order valence-electron chi connectivity index (χ1n) is 12.8. The third kappa shape index (κ3) is 6.48. The van der Waals surface area contributed by atoms with Gasteiger partial charge < -0.3 is 19.9 Å². The monoisotopic (exact) mass is 511 g/mol. The molecule has 0 atom stereocenters. The van der Waals surface area contributed by atoms with Crippen LogP contribution in [-0.4, -0.2) is 56.0 Å². The Kier molecular flexibility index (Phi) is 8.58. The Morgan fingerprint density at radius 2 is 1.55 bits per heavy atom. The fraction of sp³-hybridized carbons (Fsp3) is 0.258. The number of carbonyl (C=O) groups is 3. The molecule has 1 heterocycles. The molecule has 7 heteroatoms. The summed E-state index contributed by atoms with van der Waals surface area (Å²) in [6, 6.07) is 22.5.